The zero-order valence-corrected chi connectivity index (χ0v) is 12.4. The zero-order valence-electron chi connectivity index (χ0n) is 10.8. The molecular weight excluding hydrogens is 338 g/mol. The largest absolute Gasteiger partial charge is 0.481 e. The second kappa shape index (κ2) is 6.85. The molecule has 1 heterocycles. The van der Waals surface area contributed by atoms with Crippen LogP contribution in [-0.4, -0.2) is 22.1 Å². The fraction of sp³-hybridized carbons (Fsp3) is 0.0714. The summed E-state index contributed by atoms with van der Waals surface area (Å²) in [6.07, 6.45) is 1.27. The molecule has 0 spiro atoms. The van der Waals surface area contributed by atoms with Gasteiger partial charge in [-0.15, -0.1) is 0 Å². The van der Waals surface area contributed by atoms with Gasteiger partial charge in [0.2, 0.25) is 0 Å². The van der Waals surface area contributed by atoms with Crippen molar-refractivity contribution in [1.29, 1.82) is 0 Å². The van der Waals surface area contributed by atoms with Crippen molar-refractivity contribution in [3.8, 4) is 0 Å². The minimum absolute atomic E-state index is 0.147. The average Bonchev–Trinajstić information content (AvgIpc) is 2.43. The maximum Gasteiger partial charge on any atom is 0.323 e. The number of urea groups is 1. The number of halogens is 1. The van der Waals surface area contributed by atoms with E-state index in [1.165, 1.54) is 6.20 Å². The Bertz CT molecular complexity index is 642. The number of anilines is 2. The topological polar surface area (TPSA) is 91.3 Å². The standard InChI is InChI=1S/C14H12BrN3O3/c15-9-1-3-10(4-2-9)17-14(21)18-12-6-5-11(16-8-12)7-13(19)20/h1-6,8H,7H2,(H,19,20)(H2,17,18,21). The van der Waals surface area contributed by atoms with Gasteiger partial charge >= 0.3 is 12.0 Å². The zero-order chi connectivity index (χ0) is 15.2. The van der Waals surface area contributed by atoms with Crippen LogP contribution in [0.1, 0.15) is 5.69 Å². The van der Waals surface area contributed by atoms with Crippen LogP contribution < -0.4 is 10.6 Å². The maximum atomic E-state index is 11.8. The van der Waals surface area contributed by atoms with E-state index in [0.717, 1.165) is 4.47 Å². The van der Waals surface area contributed by atoms with Crippen LogP contribution in [0.15, 0.2) is 47.1 Å². The summed E-state index contributed by atoms with van der Waals surface area (Å²) in [6.45, 7) is 0. The molecule has 6 nitrogen and oxygen atoms in total. The lowest BCUT2D eigenvalue weighted by Crippen LogP contribution is -2.19. The molecule has 0 aliphatic carbocycles. The number of nitrogens with one attached hydrogen (secondary N) is 2. The number of pyridine rings is 1. The minimum Gasteiger partial charge on any atom is -0.481 e. The summed E-state index contributed by atoms with van der Waals surface area (Å²) >= 11 is 3.31. The van der Waals surface area contributed by atoms with Gasteiger partial charge < -0.3 is 15.7 Å². The third kappa shape index (κ3) is 4.88. The number of aromatic nitrogens is 1. The Hall–Kier alpha value is -2.41. The monoisotopic (exact) mass is 349 g/mol. The van der Waals surface area contributed by atoms with Crippen molar-refractivity contribution < 1.29 is 14.7 Å². The third-order valence-corrected chi connectivity index (χ3v) is 3.05. The predicted octanol–water partition coefficient (Wildman–Crippen LogP) is 3.12. The second-order valence-corrected chi connectivity index (χ2v) is 5.11. The Kier molecular flexibility index (Phi) is 4.89. The van der Waals surface area contributed by atoms with Crippen molar-refractivity contribution in [3.05, 3.63) is 52.8 Å². The van der Waals surface area contributed by atoms with Gasteiger partial charge in [0.25, 0.3) is 0 Å². The molecule has 2 aromatic rings. The van der Waals surface area contributed by atoms with E-state index in [2.05, 4.69) is 31.5 Å². The summed E-state index contributed by atoms with van der Waals surface area (Å²) in [5, 5.41) is 13.9. The molecule has 0 aliphatic rings. The molecule has 1 aromatic carbocycles. The van der Waals surface area contributed by atoms with Crippen LogP contribution in [0.5, 0.6) is 0 Å². The number of carbonyl (C=O) groups is 2. The number of aliphatic carboxylic acids is 1. The van der Waals surface area contributed by atoms with Crippen molar-refractivity contribution in [2.24, 2.45) is 0 Å². The third-order valence-electron chi connectivity index (χ3n) is 2.52. The van der Waals surface area contributed by atoms with Crippen molar-refractivity contribution in [2.45, 2.75) is 6.42 Å². The van der Waals surface area contributed by atoms with Crippen LogP contribution in [0.3, 0.4) is 0 Å². The van der Waals surface area contributed by atoms with E-state index in [0.29, 0.717) is 17.1 Å². The molecule has 3 N–H and O–H groups in total. The van der Waals surface area contributed by atoms with Gasteiger partial charge in [0.1, 0.15) is 0 Å². The first-order valence-electron chi connectivity index (χ1n) is 6.03. The van der Waals surface area contributed by atoms with Gasteiger partial charge in [-0.25, -0.2) is 4.79 Å². The first-order valence-corrected chi connectivity index (χ1v) is 6.82. The van der Waals surface area contributed by atoms with Gasteiger partial charge in [-0.05, 0) is 36.4 Å². The molecule has 2 amide bonds. The molecular formula is C14H12BrN3O3. The lowest BCUT2D eigenvalue weighted by atomic mass is 10.2. The van der Waals surface area contributed by atoms with E-state index in [4.69, 9.17) is 5.11 Å². The molecule has 0 unspecified atom stereocenters. The summed E-state index contributed by atoms with van der Waals surface area (Å²) in [5.74, 6) is -0.948. The quantitative estimate of drug-likeness (QED) is 0.790. The number of hydrogen-bond acceptors (Lipinski definition) is 3. The highest BCUT2D eigenvalue weighted by Crippen LogP contribution is 2.14. The Morgan fingerprint density at radius 1 is 1.05 bits per heavy atom. The maximum absolute atomic E-state index is 11.8. The predicted molar refractivity (Wildman–Crippen MR) is 82.4 cm³/mol. The van der Waals surface area contributed by atoms with Crippen molar-refractivity contribution in [1.82, 2.24) is 4.98 Å². The molecule has 2 rings (SSSR count). The van der Waals surface area contributed by atoms with E-state index in [-0.39, 0.29) is 6.42 Å². The average molecular weight is 350 g/mol. The number of carbonyl (C=O) groups excluding carboxylic acids is 1. The molecule has 1 aromatic heterocycles. The van der Waals surface area contributed by atoms with Gasteiger partial charge in [0.05, 0.1) is 24.0 Å². The number of hydrogen-bond donors (Lipinski definition) is 3. The summed E-state index contributed by atoms with van der Waals surface area (Å²) in [5.41, 5.74) is 1.58. The van der Waals surface area contributed by atoms with E-state index in [1.54, 1.807) is 24.3 Å². The lowest BCUT2D eigenvalue weighted by molar-refractivity contribution is -0.136. The van der Waals surface area contributed by atoms with E-state index in [1.807, 2.05) is 12.1 Å². The summed E-state index contributed by atoms with van der Waals surface area (Å²) < 4.78 is 0.923. The summed E-state index contributed by atoms with van der Waals surface area (Å²) in [4.78, 5) is 26.3. The Morgan fingerprint density at radius 2 is 1.67 bits per heavy atom. The molecule has 108 valence electrons. The molecule has 0 aliphatic heterocycles. The number of amides is 2. The molecule has 0 atom stereocenters. The second-order valence-electron chi connectivity index (χ2n) is 4.19. The van der Waals surface area contributed by atoms with Crippen molar-refractivity contribution >= 4 is 39.3 Å². The number of carboxylic acids is 1. The van der Waals surface area contributed by atoms with Crippen LogP contribution in [-0.2, 0) is 11.2 Å². The van der Waals surface area contributed by atoms with Crippen molar-refractivity contribution in [2.75, 3.05) is 10.6 Å². The van der Waals surface area contributed by atoms with Gasteiger partial charge in [0.15, 0.2) is 0 Å². The normalized spacial score (nSPS) is 9.95. The fourth-order valence-corrected chi connectivity index (χ4v) is 1.85. The van der Waals surface area contributed by atoms with Crippen LogP contribution in [0, 0.1) is 0 Å². The van der Waals surface area contributed by atoms with Gasteiger partial charge in [-0.2, -0.15) is 0 Å². The Morgan fingerprint density at radius 3 is 2.24 bits per heavy atom. The van der Waals surface area contributed by atoms with Gasteiger partial charge in [0, 0.05) is 10.2 Å². The molecule has 21 heavy (non-hydrogen) atoms. The molecule has 0 fully saturated rings. The van der Waals surface area contributed by atoms with E-state index < -0.39 is 12.0 Å². The van der Waals surface area contributed by atoms with E-state index in [9.17, 15) is 9.59 Å². The number of benzene rings is 1. The molecule has 7 heteroatoms. The summed E-state index contributed by atoms with van der Waals surface area (Å²) in [7, 11) is 0. The van der Waals surface area contributed by atoms with Crippen LogP contribution in [0.2, 0.25) is 0 Å². The Labute approximate surface area is 129 Å². The molecule has 0 saturated carbocycles. The van der Waals surface area contributed by atoms with Crippen LogP contribution in [0.25, 0.3) is 0 Å². The smallest absolute Gasteiger partial charge is 0.323 e. The summed E-state index contributed by atoms with van der Waals surface area (Å²) in [6, 6.07) is 9.92. The Balaban J connectivity index is 1.93. The van der Waals surface area contributed by atoms with Crippen molar-refractivity contribution in [3.63, 3.8) is 0 Å². The van der Waals surface area contributed by atoms with Crippen LogP contribution in [0.4, 0.5) is 16.2 Å². The lowest BCUT2D eigenvalue weighted by Gasteiger charge is -2.07. The number of rotatable bonds is 4. The van der Waals surface area contributed by atoms with Crippen LogP contribution >= 0.6 is 15.9 Å². The number of nitrogens with zero attached hydrogens (tertiary/aromatic N) is 1. The molecule has 0 radical (unpaired) electrons. The van der Waals surface area contributed by atoms with E-state index >= 15 is 0 Å². The SMILES string of the molecule is O=C(O)Cc1ccc(NC(=O)Nc2ccc(Br)cc2)cn1. The molecule has 0 bridgehead atoms. The van der Waals surface area contributed by atoms with Gasteiger partial charge in [-0.3, -0.25) is 9.78 Å². The van der Waals surface area contributed by atoms with Gasteiger partial charge in [-0.1, -0.05) is 15.9 Å². The highest BCUT2D eigenvalue weighted by Gasteiger charge is 2.05. The number of carboxylic acid groups (broad SMARTS) is 1. The highest BCUT2D eigenvalue weighted by atomic mass is 79.9. The first-order chi connectivity index (χ1) is 10.0. The minimum atomic E-state index is -0.948. The molecule has 0 saturated heterocycles. The fourth-order valence-electron chi connectivity index (χ4n) is 1.58. The highest BCUT2D eigenvalue weighted by molar-refractivity contribution is 9.10. The first kappa shape index (κ1) is 15.0.